The van der Waals surface area contributed by atoms with Crippen molar-refractivity contribution >= 4 is 5.96 Å². The van der Waals surface area contributed by atoms with Crippen LogP contribution in [-0.4, -0.2) is 27.3 Å². The number of aliphatic imine (C=N–C) groups is 1. The van der Waals surface area contributed by atoms with Crippen molar-refractivity contribution in [3.63, 3.8) is 0 Å². The van der Waals surface area contributed by atoms with Crippen LogP contribution in [0.3, 0.4) is 0 Å². The fourth-order valence-corrected chi connectivity index (χ4v) is 3.19. The molecule has 1 unspecified atom stereocenters. The van der Waals surface area contributed by atoms with Gasteiger partial charge in [-0.15, -0.1) is 10.2 Å². The van der Waals surface area contributed by atoms with Gasteiger partial charge in [0.1, 0.15) is 5.82 Å². The van der Waals surface area contributed by atoms with Crippen LogP contribution < -0.4 is 10.6 Å². The van der Waals surface area contributed by atoms with Gasteiger partial charge in [-0.2, -0.15) is 0 Å². The molecule has 6 nitrogen and oxygen atoms in total. The second-order valence-corrected chi connectivity index (χ2v) is 7.40. The molecule has 1 atom stereocenters. The molecule has 1 aromatic carbocycles. The molecule has 1 heterocycles. The summed E-state index contributed by atoms with van der Waals surface area (Å²) < 4.78 is 2.00. The molecule has 2 rings (SSSR count). The number of hydrogen-bond donors (Lipinski definition) is 2. The second-order valence-electron chi connectivity index (χ2n) is 7.40. The number of aryl methyl sites for hydroxylation is 1. The fraction of sp³-hybridized carbons (Fsp3) is 0.591. The monoisotopic (exact) mass is 384 g/mol. The van der Waals surface area contributed by atoms with Crippen molar-refractivity contribution in [3.05, 3.63) is 47.5 Å². The van der Waals surface area contributed by atoms with Gasteiger partial charge in [0.15, 0.2) is 11.8 Å². The molecule has 0 aliphatic rings. The quantitative estimate of drug-likeness (QED) is 0.454. The lowest BCUT2D eigenvalue weighted by atomic mass is 9.97. The van der Waals surface area contributed by atoms with Gasteiger partial charge in [0, 0.05) is 13.6 Å². The van der Waals surface area contributed by atoms with Gasteiger partial charge in [0.25, 0.3) is 0 Å². The first kappa shape index (κ1) is 21.9. The number of guanidine groups is 1. The molecular weight excluding hydrogens is 348 g/mol. The van der Waals surface area contributed by atoms with Gasteiger partial charge < -0.3 is 15.2 Å². The van der Waals surface area contributed by atoms with E-state index in [4.69, 9.17) is 4.99 Å². The fourth-order valence-electron chi connectivity index (χ4n) is 3.19. The minimum atomic E-state index is 0.603. The van der Waals surface area contributed by atoms with E-state index < -0.39 is 0 Å². The standard InChI is InChI=1S/C22H36N6/c1-5-7-12-19(11-6-2)15-23-22(24-16-20-13-9-8-10-14-20)25-17-21-27-26-18(3)28(21)4/h8-10,13-14,19H,5-7,11-12,15-17H2,1-4H3,(H2,23,24,25). The number of hydrogen-bond acceptors (Lipinski definition) is 3. The van der Waals surface area contributed by atoms with Gasteiger partial charge in [0.2, 0.25) is 0 Å². The van der Waals surface area contributed by atoms with E-state index in [0.29, 0.717) is 19.0 Å². The Morgan fingerprint density at radius 2 is 1.86 bits per heavy atom. The average molecular weight is 385 g/mol. The average Bonchev–Trinajstić information content (AvgIpc) is 3.04. The van der Waals surface area contributed by atoms with Crippen molar-refractivity contribution in [1.29, 1.82) is 0 Å². The molecule has 0 aliphatic carbocycles. The Bertz CT molecular complexity index is 707. The van der Waals surface area contributed by atoms with Crippen LogP contribution in [0.15, 0.2) is 35.3 Å². The molecular formula is C22H36N6. The van der Waals surface area contributed by atoms with Gasteiger partial charge in [-0.05, 0) is 31.2 Å². The van der Waals surface area contributed by atoms with Gasteiger partial charge in [-0.1, -0.05) is 63.4 Å². The Morgan fingerprint density at radius 1 is 1.07 bits per heavy atom. The van der Waals surface area contributed by atoms with E-state index in [-0.39, 0.29) is 0 Å². The van der Waals surface area contributed by atoms with E-state index in [9.17, 15) is 0 Å². The van der Waals surface area contributed by atoms with Crippen molar-refractivity contribution < 1.29 is 0 Å². The lowest BCUT2D eigenvalue weighted by molar-refractivity contribution is 0.422. The molecule has 0 saturated carbocycles. The summed E-state index contributed by atoms with van der Waals surface area (Å²) in [5.41, 5.74) is 1.20. The van der Waals surface area contributed by atoms with Crippen LogP contribution in [0.2, 0.25) is 0 Å². The largest absolute Gasteiger partial charge is 0.356 e. The first-order valence-electron chi connectivity index (χ1n) is 10.5. The molecule has 1 aromatic heterocycles. The lowest BCUT2D eigenvalue weighted by Gasteiger charge is -2.19. The molecule has 2 N–H and O–H groups in total. The van der Waals surface area contributed by atoms with E-state index in [1.807, 2.05) is 24.6 Å². The highest BCUT2D eigenvalue weighted by molar-refractivity contribution is 5.79. The third-order valence-electron chi connectivity index (χ3n) is 5.08. The third kappa shape index (κ3) is 7.33. The molecule has 28 heavy (non-hydrogen) atoms. The first-order chi connectivity index (χ1) is 13.6. The van der Waals surface area contributed by atoms with E-state index in [1.54, 1.807) is 0 Å². The molecule has 0 bridgehead atoms. The number of unbranched alkanes of at least 4 members (excludes halogenated alkanes) is 1. The van der Waals surface area contributed by atoms with Crippen molar-refractivity contribution in [2.45, 2.75) is 66.0 Å². The SMILES string of the molecule is CCCCC(CCC)CNC(=NCc1ccccc1)NCc1nnc(C)n1C. The first-order valence-corrected chi connectivity index (χ1v) is 10.5. The van der Waals surface area contributed by atoms with Crippen LogP contribution in [0.1, 0.15) is 63.2 Å². The molecule has 0 radical (unpaired) electrons. The predicted molar refractivity (Wildman–Crippen MR) is 116 cm³/mol. The Balaban J connectivity index is 2.00. The summed E-state index contributed by atoms with van der Waals surface area (Å²) in [7, 11) is 1.99. The van der Waals surface area contributed by atoms with Crippen LogP contribution in [0.4, 0.5) is 0 Å². The van der Waals surface area contributed by atoms with Gasteiger partial charge in [-0.25, -0.2) is 4.99 Å². The smallest absolute Gasteiger partial charge is 0.191 e. The maximum atomic E-state index is 4.79. The van der Waals surface area contributed by atoms with Gasteiger partial charge in [0.05, 0.1) is 13.1 Å². The van der Waals surface area contributed by atoms with E-state index in [2.05, 4.69) is 58.9 Å². The summed E-state index contributed by atoms with van der Waals surface area (Å²) in [5, 5.41) is 15.4. The Hall–Kier alpha value is -2.37. The third-order valence-corrected chi connectivity index (χ3v) is 5.08. The van der Waals surface area contributed by atoms with E-state index in [1.165, 1.54) is 37.7 Å². The van der Waals surface area contributed by atoms with Gasteiger partial charge in [-0.3, -0.25) is 0 Å². The zero-order valence-corrected chi connectivity index (χ0v) is 17.9. The Labute approximate surface area is 169 Å². The molecule has 6 heteroatoms. The molecule has 0 saturated heterocycles. The van der Waals surface area contributed by atoms with Crippen LogP contribution in [0, 0.1) is 12.8 Å². The summed E-state index contributed by atoms with van der Waals surface area (Å²) in [6.07, 6.45) is 6.28. The molecule has 0 aliphatic heterocycles. The number of benzene rings is 1. The summed E-state index contributed by atoms with van der Waals surface area (Å²) in [6.45, 7) is 8.69. The molecule has 0 fully saturated rings. The summed E-state index contributed by atoms with van der Waals surface area (Å²) in [6, 6.07) is 10.3. The van der Waals surface area contributed by atoms with Crippen LogP contribution in [0.5, 0.6) is 0 Å². The maximum Gasteiger partial charge on any atom is 0.191 e. The Morgan fingerprint density at radius 3 is 2.50 bits per heavy atom. The van der Waals surface area contributed by atoms with Crippen LogP contribution >= 0.6 is 0 Å². The number of aromatic nitrogens is 3. The summed E-state index contributed by atoms with van der Waals surface area (Å²) in [5.74, 6) is 3.34. The van der Waals surface area contributed by atoms with E-state index >= 15 is 0 Å². The van der Waals surface area contributed by atoms with E-state index in [0.717, 1.165) is 24.2 Å². The minimum absolute atomic E-state index is 0.603. The van der Waals surface area contributed by atoms with Crippen LogP contribution in [-0.2, 0) is 20.1 Å². The number of nitrogens with one attached hydrogen (secondary N) is 2. The lowest BCUT2D eigenvalue weighted by Crippen LogP contribution is -2.40. The van der Waals surface area contributed by atoms with Crippen molar-refractivity contribution in [2.75, 3.05) is 6.54 Å². The zero-order chi connectivity index (χ0) is 20.2. The normalized spacial score (nSPS) is 12.8. The summed E-state index contributed by atoms with van der Waals surface area (Å²) >= 11 is 0. The second kappa shape index (κ2) is 12.2. The highest BCUT2D eigenvalue weighted by Gasteiger charge is 2.10. The van der Waals surface area contributed by atoms with Crippen molar-refractivity contribution in [3.8, 4) is 0 Å². The topological polar surface area (TPSA) is 67.1 Å². The molecule has 0 spiro atoms. The highest BCUT2D eigenvalue weighted by Crippen LogP contribution is 2.13. The predicted octanol–water partition coefficient (Wildman–Crippen LogP) is 3.97. The van der Waals surface area contributed by atoms with Crippen LogP contribution in [0.25, 0.3) is 0 Å². The minimum Gasteiger partial charge on any atom is -0.356 e. The maximum absolute atomic E-state index is 4.79. The van der Waals surface area contributed by atoms with Gasteiger partial charge >= 0.3 is 0 Å². The molecule has 2 aromatic rings. The number of nitrogens with zero attached hydrogens (tertiary/aromatic N) is 4. The molecule has 0 amide bonds. The molecule has 154 valence electrons. The number of rotatable bonds is 11. The van der Waals surface area contributed by atoms with Crippen molar-refractivity contribution in [2.24, 2.45) is 18.0 Å². The highest BCUT2D eigenvalue weighted by atomic mass is 15.3. The zero-order valence-electron chi connectivity index (χ0n) is 17.9. The summed E-state index contributed by atoms with van der Waals surface area (Å²) in [4.78, 5) is 4.79. The Kier molecular flexibility index (Phi) is 9.52. The van der Waals surface area contributed by atoms with Crippen molar-refractivity contribution in [1.82, 2.24) is 25.4 Å².